The van der Waals surface area contributed by atoms with E-state index in [4.69, 9.17) is 0 Å². The lowest BCUT2D eigenvalue weighted by Crippen LogP contribution is -2.07. The molecule has 1 aliphatic carbocycles. The summed E-state index contributed by atoms with van der Waals surface area (Å²) in [5, 5.41) is 0. The Labute approximate surface area is 126 Å². The van der Waals surface area contributed by atoms with Crippen molar-refractivity contribution in [2.75, 3.05) is 0 Å². The van der Waals surface area contributed by atoms with Crippen LogP contribution in [0, 0.1) is 5.92 Å². The van der Waals surface area contributed by atoms with E-state index in [1.807, 2.05) is 24.9 Å². The molecule has 2 atom stereocenters. The summed E-state index contributed by atoms with van der Waals surface area (Å²) >= 11 is 0. The van der Waals surface area contributed by atoms with Crippen LogP contribution in [0.5, 0.6) is 0 Å². The molecule has 0 amide bonds. The van der Waals surface area contributed by atoms with E-state index in [0.29, 0.717) is 5.92 Å². The fourth-order valence-electron chi connectivity index (χ4n) is 2.89. The third-order valence-corrected chi connectivity index (χ3v) is 4.24. The summed E-state index contributed by atoms with van der Waals surface area (Å²) < 4.78 is 2.09. The van der Waals surface area contributed by atoms with Crippen molar-refractivity contribution in [3.63, 3.8) is 0 Å². The van der Waals surface area contributed by atoms with Gasteiger partial charge in [0, 0.05) is 18.6 Å². The first-order valence-corrected chi connectivity index (χ1v) is 7.46. The molecule has 1 aliphatic rings. The van der Waals surface area contributed by atoms with Gasteiger partial charge in [0.25, 0.3) is 0 Å². The Bertz CT molecular complexity index is 663. The van der Waals surface area contributed by atoms with Crippen LogP contribution in [-0.2, 0) is 0 Å². The molecule has 21 heavy (non-hydrogen) atoms. The first kappa shape index (κ1) is 13.8. The van der Waals surface area contributed by atoms with Crippen molar-refractivity contribution in [1.82, 2.24) is 14.5 Å². The van der Waals surface area contributed by atoms with Gasteiger partial charge in [-0.2, -0.15) is 0 Å². The molecule has 3 nitrogen and oxygen atoms in total. The molecule has 0 radical (unpaired) electrons. The van der Waals surface area contributed by atoms with E-state index in [-0.39, 0.29) is 6.04 Å². The van der Waals surface area contributed by atoms with Crippen LogP contribution in [-0.4, -0.2) is 14.5 Å². The van der Waals surface area contributed by atoms with E-state index in [2.05, 4.69) is 59.6 Å². The van der Waals surface area contributed by atoms with Crippen molar-refractivity contribution < 1.29 is 0 Å². The predicted octanol–water partition coefficient (Wildman–Crippen LogP) is 4.26. The molecule has 0 saturated heterocycles. The molecule has 0 N–H and O–H groups in total. The van der Waals surface area contributed by atoms with Gasteiger partial charge in [0.1, 0.15) is 0 Å². The molecule has 0 saturated carbocycles. The van der Waals surface area contributed by atoms with Crippen LogP contribution in [0.25, 0.3) is 5.57 Å². The number of aromatic nitrogens is 3. The highest BCUT2D eigenvalue weighted by molar-refractivity contribution is 5.67. The minimum absolute atomic E-state index is 0.258. The lowest BCUT2D eigenvalue weighted by molar-refractivity contribution is 0.635. The van der Waals surface area contributed by atoms with Crippen LogP contribution in [0.15, 0.2) is 54.8 Å². The predicted molar refractivity (Wildman–Crippen MR) is 85.8 cm³/mol. The average Bonchev–Trinajstić information content (AvgIpc) is 3.01. The third-order valence-electron chi connectivity index (χ3n) is 4.24. The second kappa shape index (κ2) is 5.68. The molecular weight excluding hydrogens is 258 g/mol. The number of pyridine rings is 1. The van der Waals surface area contributed by atoms with Crippen LogP contribution < -0.4 is 0 Å². The molecule has 3 heteroatoms. The molecule has 0 fully saturated rings. The summed E-state index contributed by atoms with van der Waals surface area (Å²) in [6, 6.07) is 4.57. The number of imidazole rings is 1. The van der Waals surface area contributed by atoms with E-state index in [1.54, 1.807) is 0 Å². The topological polar surface area (TPSA) is 30.7 Å². The lowest BCUT2D eigenvalue weighted by atomic mass is 9.87. The Morgan fingerprint density at radius 2 is 2.14 bits per heavy atom. The number of allylic oxidation sites excluding steroid dienone is 4. The maximum atomic E-state index is 4.68. The highest BCUT2D eigenvalue weighted by Gasteiger charge is 2.16. The number of hydrogen-bond donors (Lipinski definition) is 0. The standard InChI is InChI=1S/C18H21N3/c1-13-4-6-17(14(2)10-13)18-7-5-16(11-20-18)15(3)21-9-8-19-12-21/h4-9,11-12,14-15H,10H2,1-3H3. The quantitative estimate of drug-likeness (QED) is 0.840. The second-order valence-corrected chi connectivity index (χ2v) is 5.90. The van der Waals surface area contributed by atoms with E-state index >= 15 is 0 Å². The SMILES string of the molecule is CC1=CC=C(c2ccc(C(C)n3ccnc3)cn2)C(C)C1. The van der Waals surface area contributed by atoms with Gasteiger partial charge in [-0.3, -0.25) is 4.98 Å². The van der Waals surface area contributed by atoms with E-state index < -0.39 is 0 Å². The van der Waals surface area contributed by atoms with Crippen LogP contribution in [0.1, 0.15) is 44.5 Å². The van der Waals surface area contributed by atoms with Gasteiger partial charge >= 0.3 is 0 Å². The molecule has 3 rings (SSSR count). The van der Waals surface area contributed by atoms with Crippen molar-refractivity contribution in [2.45, 2.75) is 33.2 Å². The Morgan fingerprint density at radius 1 is 1.29 bits per heavy atom. The first-order valence-electron chi connectivity index (χ1n) is 7.46. The number of nitrogens with zero attached hydrogens (tertiary/aromatic N) is 3. The Hall–Kier alpha value is -2.16. The molecule has 0 aliphatic heterocycles. The number of hydrogen-bond acceptors (Lipinski definition) is 2. The maximum absolute atomic E-state index is 4.68. The summed E-state index contributed by atoms with van der Waals surface area (Å²) in [5.41, 5.74) is 5.07. The highest BCUT2D eigenvalue weighted by atomic mass is 15.0. The van der Waals surface area contributed by atoms with Crippen LogP contribution in [0.2, 0.25) is 0 Å². The second-order valence-electron chi connectivity index (χ2n) is 5.90. The smallest absolute Gasteiger partial charge is 0.0951 e. The van der Waals surface area contributed by atoms with Crippen molar-refractivity contribution in [1.29, 1.82) is 0 Å². The van der Waals surface area contributed by atoms with Crippen LogP contribution in [0.4, 0.5) is 0 Å². The molecule has 2 aromatic rings. The van der Waals surface area contributed by atoms with Gasteiger partial charge in [-0.25, -0.2) is 4.98 Å². The Kier molecular flexibility index (Phi) is 3.74. The zero-order valence-corrected chi connectivity index (χ0v) is 12.8. The summed E-state index contributed by atoms with van der Waals surface area (Å²) in [5.74, 6) is 0.541. The Balaban J connectivity index is 1.85. The highest BCUT2D eigenvalue weighted by Crippen LogP contribution is 2.31. The number of rotatable bonds is 3. The van der Waals surface area contributed by atoms with Gasteiger partial charge in [0.15, 0.2) is 0 Å². The normalized spacial score (nSPS) is 19.9. The molecular formula is C18H21N3. The van der Waals surface area contributed by atoms with Crippen molar-refractivity contribution >= 4 is 5.57 Å². The third kappa shape index (κ3) is 2.82. The molecule has 2 heterocycles. The molecule has 0 aromatic carbocycles. The van der Waals surface area contributed by atoms with E-state index in [9.17, 15) is 0 Å². The fraction of sp³-hybridized carbons (Fsp3) is 0.333. The molecule has 2 aromatic heterocycles. The molecule has 108 valence electrons. The minimum Gasteiger partial charge on any atom is -0.330 e. The van der Waals surface area contributed by atoms with Gasteiger partial charge in [-0.15, -0.1) is 0 Å². The average molecular weight is 279 g/mol. The maximum Gasteiger partial charge on any atom is 0.0951 e. The molecule has 2 unspecified atom stereocenters. The fourth-order valence-corrected chi connectivity index (χ4v) is 2.89. The minimum atomic E-state index is 0.258. The van der Waals surface area contributed by atoms with Gasteiger partial charge in [-0.05, 0) is 43.4 Å². The largest absolute Gasteiger partial charge is 0.330 e. The summed E-state index contributed by atoms with van der Waals surface area (Å²) in [7, 11) is 0. The molecule has 0 bridgehead atoms. The monoisotopic (exact) mass is 279 g/mol. The van der Waals surface area contributed by atoms with E-state index in [0.717, 1.165) is 12.1 Å². The first-order chi connectivity index (χ1) is 10.1. The zero-order chi connectivity index (χ0) is 14.8. The van der Waals surface area contributed by atoms with Gasteiger partial charge < -0.3 is 4.57 Å². The summed E-state index contributed by atoms with van der Waals surface area (Å²) in [6.07, 6.45) is 13.2. The van der Waals surface area contributed by atoms with E-state index in [1.165, 1.54) is 16.7 Å². The van der Waals surface area contributed by atoms with Gasteiger partial charge in [0.05, 0.1) is 18.1 Å². The lowest BCUT2D eigenvalue weighted by Gasteiger charge is -2.20. The van der Waals surface area contributed by atoms with Crippen LogP contribution >= 0.6 is 0 Å². The summed E-state index contributed by atoms with van der Waals surface area (Å²) in [6.45, 7) is 6.62. The van der Waals surface area contributed by atoms with Crippen molar-refractivity contribution in [3.05, 3.63) is 66.0 Å². The molecule has 0 spiro atoms. The zero-order valence-electron chi connectivity index (χ0n) is 12.8. The van der Waals surface area contributed by atoms with Gasteiger partial charge in [0.2, 0.25) is 0 Å². The van der Waals surface area contributed by atoms with Gasteiger partial charge in [-0.1, -0.05) is 30.7 Å². The van der Waals surface area contributed by atoms with Crippen molar-refractivity contribution in [3.8, 4) is 0 Å². The Morgan fingerprint density at radius 3 is 2.76 bits per heavy atom. The van der Waals surface area contributed by atoms with Crippen LogP contribution in [0.3, 0.4) is 0 Å². The van der Waals surface area contributed by atoms with Crippen molar-refractivity contribution in [2.24, 2.45) is 5.92 Å². The summed E-state index contributed by atoms with van der Waals surface area (Å²) in [4.78, 5) is 8.78.